The van der Waals surface area contributed by atoms with Crippen LogP contribution < -0.4 is 11.3 Å². The van der Waals surface area contributed by atoms with Crippen molar-refractivity contribution < 1.29 is 4.74 Å². The van der Waals surface area contributed by atoms with Crippen LogP contribution in [0.3, 0.4) is 0 Å². The molecule has 1 fully saturated rings. The maximum Gasteiger partial charge on any atom is 0.0783 e. The molecule has 1 saturated heterocycles. The highest BCUT2D eigenvalue weighted by Gasteiger charge is 2.27. The van der Waals surface area contributed by atoms with Crippen LogP contribution in [0.5, 0.6) is 0 Å². The summed E-state index contributed by atoms with van der Waals surface area (Å²) in [6, 6.07) is 6.45. The van der Waals surface area contributed by atoms with Crippen molar-refractivity contribution in [1.82, 2.24) is 5.43 Å². The van der Waals surface area contributed by atoms with Gasteiger partial charge in [-0.05, 0) is 43.4 Å². The Bertz CT molecular complexity index is 359. The lowest BCUT2D eigenvalue weighted by Crippen LogP contribution is -2.36. The van der Waals surface area contributed by atoms with Crippen molar-refractivity contribution in [2.75, 3.05) is 6.61 Å². The van der Waals surface area contributed by atoms with Crippen LogP contribution in [0.1, 0.15) is 35.6 Å². The van der Waals surface area contributed by atoms with Crippen LogP contribution in [-0.4, -0.2) is 12.7 Å². The fourth-order valence-electron chi connectivity index (χ4n) is 2.37. The number of ether oxygens (including phenoxy) is 1. The molecule has 0 saturated carbocycles. The maximum absolute atomic E-state index is 5.71. The van der Waals surface area contributed by atoms with Gasteiger partial charge in [0.15, 0.2) is 0 Å². The Morgan fingerprint density at radius 2 is 2.25 bits per heavy atom. The lowest BCUT2D eigenvalue weighted by atomic mass is 9.93. The second kappa shape index (κ2) is 4.95. The normalized spacial score (nSPS) is 22.3. The predicted molar refractivity (Wildman–Crippen MR) is 65.0 cm³/mol. The summed E-state index contributed by atoms with van der Waals surface area (Å²) in [4.78, 5) is 0. The fraction of sp³-hybridized carbons (Fsp3) is 0.538. The average molecular weight is 220 g/mol. The molecule has 88 valence electrons. The summed E-state index contributed by atoms with van der Waals surface area (Å²) in [5.41, 5.74) is 6.77. The molecule has 0 aliphatic carbocycles. The van der Waals surface area contributed by atoms with Gasteiger partial charge in [-0.2, -0.15) is 0 Å². The highest BCUT2D eigenvalue weighted by atomic mass is 16.5. The summed E-state index contributed by atoms with van der Waals surface area (Å²) < 4.78 is 5.71. The topological polar surface area (TPSA) is 47.3 Å². The van der Waals surface area contributed by atoms with Crippen molar-refractivity contribution in [3.05, 3.63) is 34.9 Å². The molecule has 1 heterocycles. The first kappa shape index (κ1) is 11.6. The summed E-state index contributed by atoms with van der Waals surface area (Å²) >= 11 is 0. The maximum atomic E-state index is 5.71. The van der Waals surface area contributed by atoms with Crippen LogP contribution in [0.15, 0.2) is 18.2 Å². The van der Waals surface area contributed by atoms with Crippen LogP contribution in [0, 0.1) is 13.8 Å². The molecule has 1 aromatic rings. The third kappa shape index (κ3) is 2.12. The van der Waals surface area contributed by atoms with Crippen molar-refractivity contribution >= 4 is 0 Å². The van der Waals surface area contributed by atoms with Crippen LogP contribution in [0.25, 0.3) is 0 Å². The minimum atomic E-state index is 0.113. The zero-order valence-corrected chi connectivity index (χ0v) is 9.99. The van der Waals surface area contributed by atoms with E-state index in [1.807, 2.05) is 0 Å². The molecular weight excluding hydrogens is 200 g/mol. The van der Waals surface area contributed by atoms with Gasteiger partial charge in [-0.3, -0.25) is 11.3 Å². The van der Waals surface area contributed by atoms with Gasteiger partial charge in [0.2, 0.25) is 0 Å². The largest absolute Gasteiger partial charge is 0.376 e. The van der Waals surface area contributed by atoms with E-state index in [1.165, 1.54) is 16.7 Å². The molecule has 0 spiro atoms. The molecule has 16 heavy (non-hydrogen) atoms. The molecule has 2 atom stereocenters. The van der Waals surface area contributed by atoms with Gasteiger partial charge in [-0.15, -0.1) is 0 Å². The second-order valence-corrected chi connectivity index (χ2v) is 4.48. The van der Waals surface area contributed by atoms with Gasteiger partial charge in [0.05, 0.1) is 12.1 Å². The highest BCUT2D eigenvalue weighted by molar-refractivity contribution is 5.35. The number of nitrogens with two attached hydrogens (primary N) is 1. The Balaban J connectivity index is 2.28. The number of hydrazine groups is 1. The van der Waals surface area contributed by atoms with E-state index >= 15 is 0 Å². The number of rotatable bonds is 3. The molecule has 0 bridgehead atoms. The first-order chi connectivity index (χ1) is 7.74. The molecular formula is C13H20N2O. The van der Waals surface area contributed by atoms with Crippen molar-refractivity contribution in [3.8, 4) is 0 Å². The molecule has 3 nitrogen and oxygen atoms in total. The summed E-state index contributed by atoms with van der Waals surface area (Å²) in [6.07, 6.45) is 2.43. The zero-order valence-electron chi connectivity index (χ0n) is 9.99. The number of benzene rings is 1. The SMILES string of the molecule is Cc1cccc(C(NN)C2CCCO2)c1C. The van der Waals surface area contributed by atoms with E-state index < -0.39 is 0 Å². The van der Waals surface area contributed by atoms with Crippen LogP contribution in [0.2, 0.25) is 0 Å². The molecule has 2 rings (SSSR count). The Morgan fingerprint density at radius 3 is 2.88 bits per heavy atom. The Labute approximate surface area is 97.0 Å². The first-order valence-electron chi connectivity index (χ1n) is 5.88. The van der Waals surface area contributed by atoms with Crippen molar-refractivity contribution in [3.63, 3.8) is 0 Å². The monoisotopic (exact) mass is 220 g/mol. The van der Waals surface area contributed by atoms with Gasteiger partial charge in [0.1, 0.15) is 0 Å². The lowest BCUT2D eigenvalue weighted by Gasteiger charge is -2.24. The summed E-state index contributed by atoms with van der Waals surface area (Å²) in [7, 11) is 0. The number of hydrogen-bond acceptors (Lipinski definition) is 3. The van der Waals surface area contributed by atoms with E-state index in [1.54, 1.807) is 0 Å². The molecule has 3 heteroatoms. The van der Waals surface area contributed by atoms with Gasteiger partial charge >= 0.3 is 0 Å². The third-order valence-corrected chi connectivity index (χ3v) is 3.50. The Hall–Kier alpha value is -0.900. The predicted octanol–water partition coefficient (Wildman–Crippen LogP) is 1.99. The van der Waals surface area contributed by atoms with Gasteiger partial charge in [0.25, 0.3) is 0 Å². The smallest absolute Gasteiger partial charge is 0.0783 e. The summed E-state index contributed by atoms with van der Waals surface area (Å²) in [5.74, 6) is 5.67. The average Bonchev–Trinajstić information content (AvgIpc) is 2.79. The fourth-order valence-corrected chi connectivity index (χ4v) is 2.37. The highest BCUT2D eigenvalue weighted by Crippen LogP contribution is 2.29. The van der Waals surface area contributed by atoms with Crippen molar-refractivity contribution in [1.29, 1.82) is 0 Å². The zero-order chi connectivity index (χ0) is 11.5. The second-order valence-electron chi connectivity index (χ2n) is 4.48. The van der Waals surface area contributed by atoms with Gasteiger partial charge < -0.3 is 4.74 Å². The minimum Gasteiger partial charge on any atom is -0.376 e. The molecule has 1 aliphatic heterocycles. The minimum absolute atomic E-state index is 0.113. The molecule has 1 aromatic carbocycles. The van der Waals surface area contributed by atoms with E-state index in [-0.39, 0.29) is 12.1 Å². The lowest BCUT2D eigenvalue weighted by molar-refractivity contribution is 0.0781. The van der Waals surface area contributed by atoms with Gasteiger partial charge in [0, 0.05) is 6.61 Å². The molecule has 0 aromatic heterocycles. The Kier molecular flexibility index (Phi) is 3.59. The summed E-state index contributed by atoms with van der Waals surface area (Å²) in [5, 5.41) is 0. The van der Waals surface area contributed by atoms with Crippen LogP contribution in [0.4, 0.5) is 0 Å². The van der Waals surface area contributed by atoms with E-state index in [0.717, 1.165) is 19.4 Å². The van der Waals surface area contributed by atoms with E-state index in [4.69, 9.17) is 10.6 Å². The number of hydrogen-bond donors (Lipinski definition) is 2. The van der Waals surface area contributed by atoms with Crippen molar-refractivity contribution in [2.45, 2.75) is 38.8 Å². The van der Waals surface area contributed by atoms with Crippen LogP contribution in [-0.2, 0) is 4.74 Å². The van der Waals surface area contributed by atoms with E-state index in [2.05, 4.69) is 37.5 Å². The number of aryl methyl sites for hydroxylation is 1. The number of nitrogens with one attached hydrogen (secondary N) is 1. The van der Waals surface area contributed by atoms with Gasteiger partial charge in [-0.25, -0.2) is 0 Å². The van der Waals surface area contributed by atoms with Crippen LogP contribution >= 0.6 is 0 Å². The van der Waals surface area contributed by atoms with Crippen molar-refractivity contribution in [2.24, 2.45) is 5.84 Å². The quantitative estimate of drug-likeness (QED) is 0.605. The first-order valence-corrected chi connectivity index (χ1v) is 5.88. The molecule has 0 radical (unpaired) electrons. The van der Waals surface area contributed by atoms with E-state index in [9.17, 15) is 0 Å². The Morgan fingerprint density at radius 1 is 1.44 bits per heavy atom. The standard InChI is InChI=1S/C13H20N2O/c1-9-5-3-6-11(10(9)2)13(15-14)12-7-4-8-16-12/h3,5-6,12-13,15H,4,7-8,14H2,1-2H3. The summed E-state index contributed by atoms with van der Waals surface area (Å²) in [6.45, 7) is 5.12. The third-order valence-electron chi connectivity index (χ3n) is 3.50. The molecule has 1 aliphatic rings. The molecule has 3 N–H and O–H groups in total. The van der Waals surface area contributed by atoms with E-state index in [0.29, 0.717) is 0 Å². The van der Waals surface area contributed by atoms with Gasteiger partial charge in [-0.1, -0.05) is 18.2 Å². The molecule has 0 amide bonds. The molecule has 2 unspecified atom stereocenters.